The highest BCUT2D eigenvalue weighted by molar-refractivity contribution is 5.97. The largest absolute Gasteiger partial charge is 0.481 e. The van der Waals surface area contributed by atoms with E-state index in [2.05, 4.69) is 41.9 Å². The number of aromatic amines is 1. The van der Waals surface area contributed by atoms with Crippen LogP contribution < -0.4 is 53.0 Å². The number of carboxylic acids is 6. The van der Waals surface area contributed by atoms with Gasteiger partial charge in [0, 0.05) is 56.4 Å². The van der Waals surface area contributed by atoms with Crippen LogP contribution in [-0.2, 0) is 47.9 Å². The Kier molecular flexibility index (Phi) is 18.7. The van der Waals surface area contributed by atoms with E-state index in [9.17, 15) is 83.1 Å². The summed E-state index contributed by atoms with van der Waals surface area (Å²) < 4.78 is 0. The second kappa shape index (κ2) is 24.3. The van der Waals surface area contributed by atoms with Gasteiger partial charge in [-0.2, -0.15) is 4.98 Å². The Hall–Kier alpha value is -8.53. The van der Waals surface area contributed by atoms with Crippen molar-refractivity contribution in [2.75, 3.05) is 40.6 Å². The number of hydrogen-bond donors (Lipinski definition) is 14. The van der Waals surface area contributed by atoms with Crippen LogP contribution >= 0.6 is 0 Å². The van der Waals surface area contributed by atoms with E-state index in [0.29, 0.717) is 37.0 Å². The molecule has 6 atom stereocenters. The number of nitrogen functional groups attached to an aromatic ring is 1. The second-order valence-electron chi connectivity index (χ2n) is 15.8. The van der Waals surface area contributed by atoms with Gasteiger partial charge < -0.3 is 78.1 Å². The van der Waals surface area contributed by atoms with Gasteiger partial charge in [-0.15, -0.1) is 0 Å². The van der Waals surface area contributed by atoms with Gasteiger partial charge >= 0.3 is 35.8 Å². The van der Waals surface area contributed by atoms with E-state index in [4.69, 9.17) is 10.8 Å². The number of nitrogens with one attached hydrogen (secondary N) is 7. The van der Waals surface area contributed by atoms with Gasteiger partial charge in [-0.05, 0) is 56.4 Å². The van der Waals surface area contributed by atoms with Gasteiger partial charge in [0.1, 0.15) is 35.9 Å². The zero-order valence-corrected chi connectivity index (χ0v) is 36.5. The Balaban J connectivity index is 1.20. The van der Waals surface area contributed by atoms with Gasteiger partial charge in [-0.25, -0.2) is 24.0 Å². The summed E-state index contributed by atoms with van der Waals surface area (Å²) in [4.78, 5) is 156. The van der Waals surface area contributed by atoms with Crippen LogP contribution in [0, 0.1) is 0 Å². The fourth-order valence-corrected chi connectivity index (χ4v) is 7.20. The molecule has 69 heavy (non-hydrogen) atoms. The summed E-state index contributed by atoms with van der Waals surface area (Å²) in [7, 11) is 0. The van der Waals surface area contributed by atoms with Crippen LogP contribution in [0.5, 0.6) is 0 Å². The van der Waals surface area contributed by atoms with Crippen molar-refractivity contribution in [3.8, 4) is 0 Å². The van der Waals surface area contributed by atoms with E-state index in [1.807, 2.05) is 9.80 Å². The summed E-state index contributed by atoms with van der Waals surface area (Å²) in [5, 5.41) is 70.2. The molecular weight excluding hydrogens is 922 g/mol. The third-order valence-electron chi connectivity index (χ3n) is 10.8. The fourth-order valence-electron chi connectivity index (χ4n) is 7.20. The molecule has 0 spiro atoms. The lowest BCUT2D eigenvalue weighted by Crippen LogP contribution is -2.46. The third-order valence-corrected chi connectivity index (χ3v) is 10.8. The molecule has 15 N–H and O–H groups in total. The number of anilines is 4. The molecule has 1 aromatic heterocycles. The van der Waals surface area contributed by atoms with Crippen molar-refractivity contribution >= 4 is 88.5 Å². The lowest BCUT2D eigenvalue weighted by atomic mass is 10.1. The molecule has 2 aromatic rings. The number of nitrogens with two attached hydrogens (primary N) is 1. The van der Waals surface area contributed by atoms with Crippen molar-refractivity contribution in [3.63, 3.8) is 0 Å². The maximum absolute atomic E-state index is 13.0. The van der Waals surface area contributed by atoms with Gasteiger partial charge in [0.15, 0.2) is 5.82 Å². The molecule has 0 bridgehead atoms. The van der Waals surface area contributed by atoms with E-state index in [0.717, 1.165) is 0 Å². The highest BCUT2D eigenvalue weighted by atomic mass is 16.4. The van der Waals surface area contributed by atoms with Crippen LogP contribution in [-0.4, -0.2) is 162 Å². The minimum Gasteiger partial charge on any atom is -0.481 e. The first kappa shape index (κ1) is 53.1. The monoisotopic (exact) mass is 973 g/mol. The molecule has 1 fully saturated rings. The number of aromatic nitrogens is 2. The first-order valence-corrected chi connectivity index (χ1v) is 21.1. The van der Waals surface area contributed by atoms with E-state index < -0.39 is 165 Å². The molecule has 4 rings (SSSR count). The molecule has 29 heteroatoms. The van der Waals surface area contributed by atoms with Crippen LogP contribution in [0.2, 0.25) is 0 Å². The second-order valence-corrected chi connectivity index (χ2v) is 15.8. The molecule has 0 unspecified atom stereocenters. The summed E-state index contributed by atoms with van der Waals surface area (Å²) in [6.45, 7) is 1.33. The van der Waals surface area contributed by atoms with Crippen LogP contribution in [0.15, 0.2) is 29.1 Å². The minimum absolute atomic E-state index is 0.0265. The molecule has 2 aliphatic heterocycles. The van der Waals surface area contributed by atoms with Crippen LogP contribution in [0.1, 0.15) is 74.6 Å². The number of carboxylic acid groups (broad SMARTS) is 6. The Morgan fingerprint density at radius 2 is 1.00 bits per heavy atom. The Bertz CT molecular complexity index is 2380. The topological polar surface area (TPSA) is 460 Å². The summed E-state index contributed by atoms with van der Waals surface area (Å²) in [6.07, 6.45) is -5.69. The zero-order valence-electron chi connectivity index (χ0n) is 36.5. The SMILES string of the molecule is Nc1nc2c(c(=O)[nH]1)N1CN(c3ccc(C(=O)N[C@@H](CCC(=O)N[C@@H](CCC(=O)N[C@@H](CCC(=O)N[C@@H](CCC(=O)N[C@@H](CCC(=O)O)C(=O)O)C(=O)O)C(=O)O)C(=O)O)C(=O)O)cc3)C[C@H]1CN2. The fraction of sp³-hybridized carbons (Fsp3) is 0.475. The van der Waals surface area contributed by atoms with E-state index in [-0.39, 0.29) is 17.6 Å². The lowest BCUT2D eigenvalue weighted by molar-refractivity contribution is -0.144. The van der Waals surface area contributed by atoms with Crippen LogP contribution in [0.25, 0.3) is 0 Å². The number of carbonyl (C=O) groups is 11. The minimum atomic E-state index is -1.73. The number of fused-ring (bicyclic) bond motifs is 3. The molecule has 5 amide bonds. The molecule has 1 aromatic carbocycles. The summed E-state index contributed by atoms with van der Waals surface area (Å²) in [5.74, 6) is -13.5. The van der Waals surface area contributed by atoms with Crippen molar-refractivity contribution in [3.05, 3.63) is 40.2 Å². The van der Waals surface area contributed by atoms with E-state index >= 15 is 0 Å². The maximum atomic E-state index is 13.0. The number of nitrogens with zero attached hydrogens (tertiary/aromatic N) is 3. The third kappa shape index (κ3) is 15.8. The first-order chi connectivity index (χ1) is 32.5. The number of carbonyl (C=O) groups excluding carboxylic acids is 5. The number of aliphatic carboxylic acids is 6. The average molecular weight is 974 g/mol. The van der Waals surface area contributed by atoms with Crippen molar-refractivity contribution in [1.82, 2.24) is 36.6 Å². The van der Waals surface area contributed by atoms with Gasteiger partial charge in [-0.3, -0.25) is 38.5 Å². The van der Waals surface area contributed by atoms with E-state index in [1.165, 1.54) is 12.1 Å². The normalized spacial score (nSPS) is 15.8. The molecular formula is C40H51N11O18. The molecule has 2 aliphatic rings. The summed E-state index contributed by atoms with van der Waals surface area (Å²) >= 11 is 0. The quantitative estimate of drug-likeness (QED) is 0.0421. The number of hydrogen-bond acceptors (Lipinski definition) is 17. The van der Waals surface area contributed by atoms with Crippen molar-refractivity contribution in [2.24, 2.45) is 0 Å². The zero-order chi connectivity index (χ0) is 51.1. The van der Waals surface area contributed by atoms with Crippen molar-refractivity contribution in [2.45, 2.75) is 100 Å². The first-order valence-electron chi connectivity index (χ1n) is 21.1. The number of benzene rings is 1. The smallest absolute Gasteiger partial charge is 0.326 e. The summed E-state index contributed by atoms with van der Waals surface area (Å²) in [5.41, 5.74) is 6.39. The summed E-state index contributed by atoms with van der Waals surface area (Å²) in [6, 6.07) is -2.18. The molecule has 374 valence electrons. The highest BCUT2D eigenvalue weighted by Gasteiger charge is 2.37. The van der Waals surface area contributed by atoms with Crippen molar-refractivity contribution < 1.29 is 83.4 Å². The standard InChI is InChI=1S/C40H51N11O18/c41-40-48-32-31(34(59)49-40)51-17-50(16-20(51)15-42-32)19-3-1-18(2-4-19)33(58)47-25(39(68)69)8-13-29(55)45-23(37(64)65)6-11-27(53)43-21(35(60)61)5-10-26(52)44-22(36(62)63)7-12-28(54)46-24(38(66)67)9-14-30(56)57/h1-4,20-25H,5-17H2,(H,43,53)(H,44,52)(H,45,55)(H,46,54)(H,47,58)(H,56,57)(H,60,61)(H,62,63)(H,64,65)(H,66,67)(H,68,69)(H4,41,42,48,49,59)/t20-,21+,22+,23+,24+,25+/m1/s1. The number of rotatable bonds is 27. The highest BCUT2D eigenvalue weighted by Crippen LogP contribution is 2.32. The average Bonchev–Trinajstić information content (AvgIpc) is 3.71. The lowest BCUT2D eigenvalue weighted by Gasteiger charge is -2.31. The molecule has 3 heterocycles. The Morgan fingerprint density at radius 3 is 1.39 bits per heavy atom. The Morgan fingerprint density at radius 1 is 0.609 bits per heavy atom. The molecule has 0 aliphatic carbocycles. The van der Waals surface area contributed by atoms with Gasteiger partial charge in [0.05, 0.1) is 12.7 Å². The maximum Gasteiger partial charge on any atom is 0.326 e. The van der Waals surface area contributed by atoms with Gasteiger partial charge in [0.25, 0.3) is 11.5 Å². The molecule has 0 saturated carbocycles. The van der Waals surface area contributed by atoms with Gasteiger partial charge in [-0.1, -0.05) is 0 Å². The van der Waals surface area contributed by atoms with E-state index in [1.54, 1.807) is 12.1 Å². The molecule has 0 radical (unpaired) electrons. The van der Waals surface area contributed by atoms with Crippen LogP contribution in [0.3, 0.4) is 0 Å². The van der Waals surface area contributed by atoms with Gasteiger partial charge in [0.2, 0.25) is 29.6 Å². The molecule has 1 saturated heterocycles. The predicted octanol–water partition coefficient (Wildman–Crippen LogP) is -3.12. The van der Waals surface area contributed by atoms with Crippen molar-refractivity contribution in [1.29, 1.82) is 0 Å². The number of amides is 5. The number of H-pyrrole nitrogens is 1. The Labute approximate surface area is 389 Å². The van der Waals surface area contributed by atoms with Crippen LogP contribution in [0.4, 0.5) is 23.1 Å². The molecule has 29 nitrogen and oxygen atoms in total. The predicted molar refractivity (Wildman–Crippen MR) is 234 cm³/mol.